The molecular weight excluding hydrogens is 236 g/mol. The van der Waals surface area contributed by atoms with Crippen LogP contribution in [-0.4, -0.2) is 34.6 Å². The molecule has 0 aliphatic carbocycles. The van der Waals surface area contributed by atoms with Crippen molar-refractivity contribution in [1.29, 1.82) is 0 Å². The number of aromatic amines is 1. The van der Waals surface area contributed by atoms with E-state index in [1.165, 1.54) is 11.1 Å². The summed E-state index contributed by atoms with van der Waals surface area (Å²) in [5, 5.41) is 8.33. The summed E-state index contributed by atoms with van der Waals surface area (Å²) in [6, 6.07) is 4.07. The molecule has 0 aliphatic rings. The van der Waals surface area contributed by atoms with Crippen molar-refractivity contribution in [2.75, 3.05) is 19.3 Å². The van der Waals surface area contributed by atoms with Crippen molar-refractivity contribution < 1.29 is 4.79 Å². The highest BCUT2D eigenvalue weighted by Crippen LogP contribution is 2.12. The third kappa shape index (κ3) is 2.65. The number of nitrogens with two attached hydrogens (primary N) is 1. The number of hydrogen-bond acceptors (Lipinski definition) is 4. The Bertz CT molecular complexity index is 491. The van der Waals surface area contributed by atoms with E-state index in [9.17, 15) is 4.79 Å². The first kappa shape index (κ1) is 11.7. The predicted octanol–water partition coefficient (Wildman–Crippen LogP) is 1.37. The topological polar surface area (TPSA) is 75.0 Å². The van der Waals surface area contributed by atoms with Crippen LogP contribution in [0.5, 0.6) is 0 Å². The molecule has 0 unspecified atom stereocenters. The Morgan fingerprint density at radius 3 is 3.06 bits per heavy atom. The molecule has 0 saturated carbocycles. The second kappa shape index (κ2) is 5.01. The number of nitrogens with one attached hydrogen (secondary N) is 1. The lowest BCUT2D eigenvalue weighted by Gasteiger charge is -2.15. The van der Waals surface area contributed by atoms with Crippen molar-refractivity contribution in [1.82, 2.24) is 15.1 Å². The van der Waals surface area contributed by atoms with E-state index in [0.29, 0.717) is 17.9 Å². The minimum atomic E-state index is -0.104. The van der Waals surface area contributed by atoms with Crippen molar-refractivity contribution in [3.05, 3.63) is 34.2 Å². The Kier molecular flexibility index (Phi) is 3.43. The van der Waals surface area contributed by atoms with Gasteiger partial charge in [-0.3, -0.25) is 9.89 Å². The molecule has 3 N–H and O–H groups in total. The highest BCUT2D eigenvalue weighted by Gasteiger charge is 2.15. The fourth-order valence-corrected chi connectivity index (χ4v) is 2.20. The zero-order chi connectivity index (χ0) is 12.3. The summed E-state index contributed by atoms with van der Waals surface area (Å²) >= 11 is 1.70. The molecule has 6 heteroatoms. The molecule has 1 amide bonds. The normalized spacial score (nSPS) is 10.4. The number of nitrogens with zero attached hydrogens (tertiary/aromatic N) is 2. The van der Waals surface area contributed by atoms with Crippen LogP contribution < -0.4 is 5.73 Å². The number of thiophene rings is 1. The Morgan fingerprint density at radius 2 is 2.47 bits per heavy atom. The number of rotatable bonds is 4. The van der Waals surface area contributed by atoms with E-state index < -0.39 is 0 Å². The van der Waals surface area contributed by atoms with Crippen LogP contribution in [0, 0.1) is 0 Å². The van der Waals surface area contributed by atoms with Crippen LogP contribution in [0.25, 0.3) is 0 Å². The van der Waals surface area contributed by atoms with Crippen LogP contribution in [0.1, 0.15) is 15.2 Å². The maximum atomic E-state index is 12.0. The standard InChI is InChI=1S/C11H14N4OS/c1-15(5-4-8-3-2-6-17-8)11(16)9-7-13-14-10(9)12/h2-3,6-7H,4-5H2,1H3,(H3,12,13,14). The summed E-state index contributed by atoms with van der Waals surface area (Å²) in [6.45, 7) is 0.671. The van der Waals surface area contributed by atoms with Gasteiger partial charge in [-0.1, -0.05) is 6.07 Å². The molecule has 2 heterocycles. The van der Waals surface area contributed by atoms with E-state index in [1.807, 2.05) is 11.4 Å². The first-order chi connectivity index (χ1) is 8.18. The highest BCUT2D eigenvalue weighted by molar-refractivity contribution is 7.09. The minimum Gasteiger partial charge on any atom is -0.383 e. The van der Waals surface area contributed by atoms with Gasteiger partial charge in [0.25, 0.3) is 5.91 Å². The summed E-state index contributed by atoms with van der Waals surface area (Å²) in [7, 11) is 1.77. The molecule has 0 fully saturated rings. The molecule has 0 radical (unpaired) electrons. The summed E-state index contributed by atoms with van der Waals surface area (Å²) in [5.41, 5.74) is 6.04. The number of hydrogen-bond donors (Lipinski definition) is 2. The largest absolute Gasteiger partial charge is 0.383 e. The second-order valence-electron chi connectivity index (χ2n) is 3.75. The van der Waals surface area contributed by atoms with Crippen molar-refractivity contribution in [2.45, 2.75) is 6.42 Å². The van der Waals surface area contributed by atoms with Gasteiger partial charge in [0.1, 0.15) is 11.4 Å². The summed E-state index contributed by atoms with van der Waals surface area (Å²) < 4.78 is 0. The number of H-pyrrole nitrogens is 1. The smallest absolute Gasteiger partial charge is 0.258 e. The number of aromatic nitrogens is 2. The molecule has 0 atom stereocenters. The molecule has 2 aromatic rings. The van der Waals surface area contributed by atoms with Crippen LogP contribution in [0.15, 0.2) is 23.7 Å². The van der Waals surface area contributed by atoms with Gasteiger partial charge >= 0.3 is 0 Å². The Morgan fingerprint density at radius 1 is 1.65 bits per heavy atom. The van der Waals surface area contributed by atoms with Crippen LogP contribution in [-0.2, 0) is 6.42 Å². The summed E-state index contributed by atoms with van der Waals surface area (Å²) in [4.78, 5) is 14.9. The third-order valence-corrected chi connectivity index (χ3v) is 3.46. The van der Waals surface area contributed by atoms with Crippen molar-refractivity contribution in [3.8, 4) is 0 Å². The Balaban J connectivity index is 1.94. The molecule has 0 saturated heterocycles. The number of carbonyl (C=O) groups is 1. The number of amides is 1. The Labute approximate surface area is 103 Å². The summed E-state index contributed by atoms with van der Waals surface area (Å²) in [6.07, 6.45) is 2.32. The fourth-order valence-electron chi connectivity index (χ4n) is 1.51. The molecule has 5 nitrogen and oxygen atoms in total. The van der Waals surface area contributed by atoms with Crippen LogP contribution in [0.4, 0.5) is 5.82 Å². The van der Waals surface area contributed by atoms with Crippen LogP contribution in [0.2, 0.25) is 0 Å². The van der Waals surface area contributed by atoms with Crippen LogP contribution in [0.3, 0.4) is 0 Å². The highest BCUT2D eigenvalue weighted by atomic mass is 32.1. The quantitative estimate of drug-likeness (QED) is 0.860. The molecular formula is C11H14N4OS. The lowest BCUT2D eigenvalue weighted by molar-refractivity contribution is 0.0798. The van der Waals surface area contributed by atoms with Gasteiger partial charge in [0.15, 0.2) is 0 Å². The molecule has 0 bridgehead atoms. The number of anilines is 1. The van der Waals surface area contributed by atoms with E-state index in [-0.39, 0.29) is 5.91 Å². The van der Waals surface area contributed by atoms with Crippen molar-refractivity contribution in [2.24, 2.45) is 0 Å². The zero-order valence-electron chi connectivity index (χ0n) is 9.51. The number of carbonyl (C=O) groups excluding carboxylic acids is 1. The zero-order valence-corrected chi connectivity index (χ0v) is 10.3. The van der Waals surface area contributed by atoms with E-state index in [0.717, 1.165) is 6.42 Å². The molecule has 2 rings (SSSR count). The Hall–Kier alpha value is -1.82. The minimum absolute atomic E-state index is 0.104. The number of likely N-dealkylation sites (N-methyl/N-ethyl adjacent to an activating group) is 1. The average Bonchev–Trinajstić information content (AvgIpc) is 2.95. The average molecular weight is 250 g/mol. The van der Waals surface area contributed by atoms with Crippen LogP contribution >= 0.6 is 11.3 Å². The second-order valence-corrected chi connectivity index (χ2v) is 4.79. The van der Waals surface area contributed by atoms with E-state index in [1.54, 1.807) is 23.3 Å². The van der Waals surface area contributed by atoms with Crippen molar-refractivity contribution in [3.63, 3.8) is 0 Å². The van der Waals surface area contributed by atoms with E-state index >= 15 is 0 Å². The number of nitrogen functional groups attached to an aromatic ring is 1. The molecule has 0 aliphatic heterocycles. The van der Waals surface area contributed by atoms with Gasteiger partial charge in [0.05, 0.1) is 6.20 Å². The van der Waals surface area contributed by atoms with Gasteiger partial charge in [0, 0.05) is 18.5 Å². The van der Waals surface area contributed by atoms with E-state index in [4.69, 9.17) is 5.73 Å². The summed E-state index contributed by atoms with van der Waals surface area (Å²) in [5.74, 6) is 0.214. The van der Waals surface area contributed by atoms with Gasteiger partial charge in [0.2, 0.25) is 0 Å². The fraction of sp³-hybridized carbons (Fsp3) is 0.273. The molecule has 17 heavy (non-hydrogen) atoms. The lowest BCUT2D eigenvalue weighted by Crippen LogP contribution is -2.29. The molecule has 0 aromatic carbocycles. The first-order valence-corrected chi connectivity index (χ1v) is 6.13. The predicted molar refractivity (Wildman–Crippen MR) is 68.0 cm³/mol. The molecule has 90 valence electrons. The maximum Gasteiger partial charge on any atom is 0.258 e. The van der Waals surface area contributed by atoms with Gasteiger partial charge in [-0.05, 0) is 17.9 Å². The van der Waals surface area contributed by atoms with Crippen molar-refractivity contribution >= 4 is 23.1 Å². The van der Waals surface area contributed by atoms with E-state index in [2.05, 4.69) is 16.3 Å². The lowest BCUT2D eigenvalue weighted by atomic mass is 10.2. The first-order valence-electron chi connectivity index (χ1n) is 5.25. The van der Waals surface area contributed by atoms with Gasteiger partial charge in [-0.2, -0.15) is 5.10 Å². The van der Waals surface area contributed by atoms with Gasteiger partial charge in [-0.25, -0.2) is 0 Å². The SMILES string of the molecule is CN(CCc1cccs1)C(=O)c1cn[nH]c1N. The van der Waals surface area contributed by atoms with Gasteiger partial charge < -0.3 is 10.6 Å². The third-order valence-electron chi connectivity index (χ3n) is 2.52. The van der Waals surface area contributed by atoms with Gasteiger partial charge in [-0.15, -0.1) is 11.3 Å². The monoisotopic (exact) mass is 250 g/mol. The maximum absolute atomic E-state index is 12.0. The molecule has 2 aromatic heterocycles. The molecule has 0 spiro atoms.